The molecular weight excluding hydrogens is 300 g/mol. The molecule has 0 bridgehead atoms. The van der Waals surface area contributed by atoms with Crippen LogP contribution in [0.5, 0.6) is 0 Å². The van der Waals surface area contributed by atoms with E-state index in [9.17, 15) is 13.9 Å². The molecule has 0 saturated carbocycles. The van der Waals surface area contributed by atoms with Crippen LogP contribution in [0.3, 0.4) is 0 Å². The average Bonchev–Trinajstić information content (AvgIpc) is 2.13. The van der Waals surface area contributed by atoms with Crippen LogP contribution in [-0.2, 0) is 9.13 Å². The third kappa shape index (κ3) is 3.63. The second kappa shape index (κ2) is 5.42. The minimum atomic E-state index is -5.22. The predicted octanol–water partition coefficient (Wildman–Crippen LogP) is -0.791. The number of nitrogen functional groups attached to an aromatic ring is 1. The van der Waals surface area contributed by atoms with E-state index in [-0.39, 0.29) is 7.43 Å². The van der Waals surface area contributed by atoms with E-state index in [1.54, 1.807) is 0 Å². The molecule has 0 amide bonds. The Balaban J connectivity index is 0.00000324. The van der Waals surface area contributed by atoms with Crippen molar-refractivity contribution in [3.8, 4) is 0 Å². The molecule has 1 rings (SSSR count). The molecule has 0 aromatic heterocycles. The van der Waals surface area contributed by atoms with E-state index >= 15 is 0 Å². The fourth-order valence-corrected chi connectivity index (χ4v) is 3.85. The number of hydrogen-bond acceptors (Lipinski definition) is 4. The molecule has 0 unspecified atom stereocenters. The molecule has 0 spiro atoms. The van der Waals surface area contributed by atoms with Crippen molar-refractivity contribution in [3.63, 3.8) is 0 Å². The number of carbonyl (C=O) groups is 1. The molecule has 0 aliphatic heterocycles. The van der Waals surface area contributed by atoms with Gasteiger partial charge in [-0.2, -0.15) is 0 Å². The Bertz CT molecular complexity index is 601. The fraction of sp³-hybridized carbons (Fsp3) is 0.125. The first kappa shape index (κ1) is 17.8. The van der Waals surface area contributed by atoms with Crippen LogP contribution in [0.2, 0.25) is 0 Å². The van der Waals surface area contributed by atoms with Crippen LogP contribution in [0.25, 0.3) is 0 Å². The van der Waals surface area contributed by atoms with E-state index in [1.165, 1.54) is 0 Å². The monoisotopic (exact) mass is 313 g/mol. The van der Waals surface area contributed by atoms with E-state index in [4.69, 9.17) is 30.4 Å². The van der Waals surface area contributed by atoms with E-state index in [2.05, 4.69) is 0 Å². The molecule has 0 aliphatic rings. The van der Waals surface area contributed by atoms with Gasteiger partial charge in [0.2, 0.25) is 0 Å². The van der Waals surface area contributed by atoms with Crippen molar-refractivity contribution >= 4 is 37.5 Å². The van der Waals surface area contributed by atoms with Crippen molar-refractivity contribution in [2.75, 3.05) is 5.73 Å². The highest BCUT2D eigenvalue weighted by Crippen LogP contribution is 2.42. The second-order valence-electron chi connectivity index (χ2n) is 3.29. The summed E-state index contributed by atoms with van der Waals surface area (Å²) in [5.74, 6) is -1.73. The lowest BCUT2D eigenvalue weighted by Gasteiger charge is -2.16. The smallest absolute Gasteiger partial charge is 0.359 e. The van der Waals surface area contributed by atoms with E-state index in [1.807, 2.05) is 0 Å². The lowest BCUT2D eigenvalue weighted by molar-refractivity contribution is 0.0698. The van der Waals surface area contributed by atoms with Gasteiger partial charge < -0.3 is 30.4 Å². The first-order chi connectivity index (χ1) is 7.96. The van der Waals surface area contributed by atoms with Crippen LogP contribution >= 0.6 is 15.2 Å². The number of aromatic carboxylic acids is 1. The molecule has 11 heteroatoms. The van der Waals surface area contributed by atoms with Gasteiger partial charge in [0.15, 0.2) is 0 Å². The quantitative estimate of drug-likeness (QED) is 0.308. The van der Waals surface area contributed by atoms with Gasteiger partial charge in [-0.15, -0.1) is 0 Å². The Morgan fingerprint density at radius 2 is 1.42 bits per heavy atom. The molecule has 19 heavy (non-hydrogen) atoms. The Kier molecular flexibility index (Phi) is 5.08. The third-order valence-electron chi connectivity index (χ3n) is 2.00. The molecule has 0 saturated heterocycles. The number of anilines is 1. The molecule has 108 valence electrons. The number of rotatable bonds is 3. The SMILES string of the molecule is C.Nc1ccc(C(=O)O)c(P(=O)(O)O)c1P(=O)(O)O. The molecule has 7 N–H and O–H groups in total. The highest BCUT2D eigenvalue weighted by Gasteiger charge is 2.37. The molecule has 0 aliphatic carbocycles. The lowest BCUT2D eigenvalue weighted by atomic mass is 10.2. The number of carboxylic acid groups (broad SMARTS) is 1. The third-order valence-corrected chi connectivity index (χ3v) is 4.28. The second-order valence-corrected chi connectivity index (χ2v) is 6.36. The van der Waals surface area contributed by atoms with Crippen LogP contribution in [-0.4, -0.2) is 30.6 Å². The fourth-order valence-electron chi connectivity index (χ4n) is 1.37. The summed E-state index contributed by atoms with van der Waals surface area (Å²) >= 11 is 0. The van der Waals surface area contributed by atoms with Crippen LogP contribution in [0.4, 0.5) is 5.69 Å². The van der Waals surface area contributed by atoms with Crippen molar-refractivity contribution in [1.82, 2.24) is 0 Å². The van der Waals surface area contributed by atoms with E-state index < -0.39 is 43.0 Å². The molecule has 0 heterocycles. The van der Waals surface area contributed by atoms with Crippen molar-refractivity contribution in [3.05, 3.63) is 17.7 Å². The van der Waals surface area contributed by atoms with Gasteiger partial charge in [-0.1, -0.05) is 7.43 Å². The summed E-state index contributed by atoms with van der Waals surface area (Å²) in [6.45, 7) is 0. The summed E-state index contributed by atoms with van der Waals surface area (Å²) in [6.07, 6.45) is 0. The van der Waals surface area contributed by atoms with Crippen LogP contribution < -0.4 is 16.3 Å². The standard InChI is InChI=1S/C7H9NO8P2.CH4/c8-4-2-1-3(7(9)10)5(17(11,12)13)6(4)18(14,15)16;/h1-2H,8H2,(H,9,10)(H2,11,12,13)(H2,14,15,16);1H4. The maximum atomic E-state index is 11.2. The highest BCUT2D eigenvalue weighted by molar-refractivity contribution is 7.67. The van der Waals surface area contributed by atoms with Crippen LogP contribution in [0, 0.1) is 0 Å². The van der Waals surface area contributed by atoms with Gasteiger partial charge in [-0.05, 0) is 12.1 Å². The summed E-state index contributed by atoms with van der Waals surface area (Å²) < 4.78 is 22.4. The Morgan fingerprint density at radius 1 is 1.00 bits per heavy atom. The van der Waals surface area contributed by atoms with Gasteiger partial charge in [0.25, 0.3) is 0 Å². The van der Waals surface area contributed by atoms with Crippen molar-refractivity contribution in [2.45, 2.75) is 7.43 Å². The van der Waals surface area contributed by atoms with Crippen LogP contribution in [0.15, 0.2) is 12.1 Å². The summed E-state index contributed by atoms with van der Waals surface area (Å²) in [7, 11) is -10.4. The van der Waals surface area contributed by atoms with Gasteiger partial charge in [-0.25, -0.2) is 4.79 Å². The lowest BCUT2D eigenvalue weighted by Crippen LogP contribution is -2.32. The zero-order chi connectivity index (χ0) is 14.3. The van der Waals surface area contributed by atoms with Crippen molar-refractivity contribution in [1.29, 1.82) is 0 Å². The van der Waals surface area contributed by atoms with E-state index in [0.29, 0.717) is 0 Å². The zero-order valence-electron chi connectivity index (χ0n) is 8.59. The molecule has 0 radical (unpaired) electrons. The van der Waals surface area contributed by atoms with Gasteiger partial charge >= 0.3 is 21.2 Å². The van der Waals surface area contributed by atoms with Crippen molar-refractivity contribution < 1.29 is 38.6 Å². The Hall–Kier alpha value is -1.21. The molecule has 0 fully saturated rings. The number of hydrogen-bond donors (Lipinski definition) is 6. The van der Waals surface area contributed by atoms with Gasteiger partial charge in [0.05, 0.1) is 10.9 Å². The average molecular weight is 313 g/mol. The first-order valence-electron chi connectivity index (χ1n) is 4.24. The maximum absolute atomic E-state index is 11.2. The zero-order valence-corrected chi connectivity index (χ0v) is 10.4. The topological polar surface area (TPSA) is 178 Å². The van der Waals surface area contributed by atoms with Gasteiger partial charge in [0, 0.05) is 5.69 Å². The Morgan fingerprint density at radius 3 is 1.74 bits per heavy atom. The molecule has 1 aromatic carbocycles. The van der Waals surface area contributed by atoms with Crippen molar-refractivity contribution in [2.24, 2.45) is 0 Å². The van der Waals surface area contributed by atoms with Gasteiger partial charge in [-0.3, -0.25) is 9.13 Å². The number of carboxylic acids is 1. The largest absolute Gasteiger partial charge is 0.478 e. The van der Waals surface area contributed by atoms with Gasteiger partial charge in [0.1, 0.15) is 5.30 Å². The maximum Gasteiger partial charge on any atom is 0.359 e. The minimum Gasteiger partial charge on any atom is -0.478 e. The predicted molar refractivity (Wildman–Crippen MR) is 67.9 cm³/mol. The summed E-state index contributed by atoms with van der Waals surface area (Å²) in [6, 6.07) is 1.63. The molecular formula is C8H13NO8P2. The first-order valence-corrected chi connectivity index (χ1v) is 7.46. The van der Waals surface area contributed by atoms with E-state index in [0.717, 1.165) is 12.1 Å². The normalized spacial score (nSPS) is 11.8. The number of benzene rings is 1. The molecule has 1 aromatic rings. The Labute approximate surface area is 108 Å². The molecule has 9 nitrogen and oxygen atoms in total. The minimum absolute atomic E-state index is 0. The van der Waals surface area contributed by atoms with Crippen LogP contribution in [0.1, 0.15) is 17.8 Å². The highest BCUT2D eigenvalue weighted by atomic mass is 31.2. The summed E-state index contributed by atoms with van der Waals surface area (Å²) in [5.41, 5.74) is 3.75. The summed E-state index contributed by atoms with van der Waals surface area (Å²) in [5, 5.41) is 6.36. The number of nitrogens with two attached hydrogens (primary N) is 1. The summed E-state index contributed by atoms with van der Waals surface area (Å²) in [4.78, 5) is 46.9. The molecule has 0 atom stereocenters.